The van der Waals surface area contributed by atoms with E-state index in [-0.39, 0.29) is 17.5 Å². The number of aryl methyl sites for hydroxylation is 1. The van der Waals surface area contributed by atoms with E-state index in [1.54, 1.807) is 0 Å². The van der Waals surface area contributed by atoms with Gasteiger partial charge < -0.3 is 4.74 Å². The largest absolute Gasteiger partial charge is 0.458 e. The zero-order valence-electron chi connectivity index (χ0n) is 16.4. The van der Waals surface area contributed by atoms with E-state index in [9.17, 15) is 9.18 Å². The maximum absolute atomic E-state index is 14.8. The first-order valence-electron chi connectivity index (χ1n) is 10.6. The molecule has 0 N–H and O–H groups in total. The summed E-state index contributed by atoms with van der Waals surface area (Å²) in [5.74, 6) is 0.829. The lowest BCUT2D eigenvalue weighted by Crippen LogP contribution is -2.29. The Morgan fingerprint density at radius 2 is 1.88 bits per heavy atom. The van der Waals surface area contributed by atoms with E-state index in [0.29, 0.717) is 18.4 Å². The first-order chi connectivity index (χ1) is 12.6. The van der Waals surface area contributed by atoms with E-state index in [0.717, 1.165) is 49.5 Å². The SMILES string of the molecule is CCCCCc1ccc2c(c1F)C(=O)OC(CCC1CCC(C)CC1)C2. The summed E-state index contributed by atoms with van der Waals surface area (Å²) in [6.45, 7) is 4.47. The van der Waals surface area contributed by atoms with Gasteiger partial charge >= 0.3 is 5.97 Å². The van der Waals surface area contributed by atoms with Gasteiger partial charge in [0.05, 0.1) is 5.56 Å². The number of carbonyl (C=O) groups excluding carboxylic acids is 1. The number of hydrogen-bond donors (Lipinski definition) is 0. The molecule has 1 aliphatic heterocycles. The molecule has 26 heavy (non-hydrogen) atoms. The summed E-state index contributed by atoms with van der Waals surface area (Å²) >= 11 is 0. The van der Waals surface area contributed by atoms with Crippen LogP contribution in [0.3, 0.4) is 0 Å². The molecule has 0 radical (unpaired) electrons. The monoisotopic (exact) mass is 360 g/mol. The predicted octanol–water partition coefficient (Wildman–Crippen LogP) is 6.25. The molecule has 0 aromatic heterocycles. The third kappa shape index (κ3) is 4.66. The second-order valence-corrected chi connectivity index (χ2v) is 8.46. The number of ether oxygens (including phenoxy) is 1. The van der Waals surface area contributed by atoms with Gasteiger partial charge in [-0.25, -0.2) is 9.18 Å². The molecule has 2 aliphatic rings. The Labute approximate surface area is 157 Å². The maximum Gasteiger partial charge on any atom is 0.341 e. The summed E-state index contributed by atoms with van der Waals surface area (Å²) in [5, 5.41) is 0. The lowest BCUT2D eigenvalue weighted by Gasteiger charge is -2.29. The average Bonchev–Trinajstić information content (AvgIpc) is 2.63. The molecule has 1 heterocycles. The molecule has 1 aromatic rings. The van der Waals surface area contributed by atoms with Crippen molar-refractivity contribution in [2.75, 3.05) is 0 Å². The van der Waals surface area contributed by atoms with Crippen LogP contribution in [-0.4, -0.2) is 12.1 Å². The van der Waals surface area contributed by atoms with Gasteiger partial charge in [-0.05, 0) is 48.6 Å². The molecule has 1 fully saturated rings. The Bertz CT molecular complexity index is 617. The number of esters is 1. The first-order valence-corrected chi connectivity index (χ1v) is 10.6. The normalized spacial score (nSPS) is 25.7. The Morgan fingerprint density at radius 3 is 2.62 bits per heavy atom. The van der Waals surface area contributed by atoms with E-state index in [1.807, 2.05) is 12.1 Å². The van der Waals surface area contributed by atoms with Crippen LogP contribution in [0.2, 0.25) is 0 Å². The number of fused-ring (bicyclic) bond motifs is 1. The second-order valence-electron chi connectivity index (χ2n) is 8.46. The summed E-state index contributed by atoms with van der Waals surface area (Å²) in [6.07, 6.45) is 11.7. The van der Waals surface area contributed by atoms with Crippen molar-refractivity contribution in [1.29, 1.82) is 0 Å². The minimum absolute atomic E-state index is 0.0836. The molecule has 144 valence electrons. The third-order valence-corrected chi connectivity index (χ3v) is 6.32. The third-order valence-electron chi connectivity index (χ3n) is 6.32. The van der Waals surface area contributed by atoms with E-state index in [2.05, 4.69) is 13.8 Å². The molecule has 1 atom stereocenters. The molecule has 3 rings (SSSR count). The van der Waals surface area contributed by atoms with Gasteiger partial charge in [0.25, 0.3) is 0 Å². The molecule has 1 unspecified atom stereocenters. The zero-order chi connectivity index (χ0) is 18.5. The highest BCUT2D eigenvalue weighted by molar-refractivity contribution is 5.92. The van der Waals surface area contributed by atoms with Crippen LogP contribution in [0.1, 0.15) is 93.1 Å². The zero-order valence-corrected chi connectivity index (χ0v) is 16.4. The Hall–Kier alpha value is -1.38. The van der Waals surface area contributed by atoms with Crippen LogP contribution in [0.4, 0.5) is 4.39 Å². The van der Waals surface area contributed by atoms with Crippen LogP contribution in [0, 0.1) is 17.7 Å². The fourth-order valence-electron chi connectivity index (χ4n) is 4.51. The fraction of sp³-hybridized carbons (Fsp3) is 0.696. The van der Waals surface area contributed by atoms with Crippen molar-refractivity contribution in [3.8, 4) is 0 Å². The van der Waals surface area contributed by atoms with Gasteiger partial charge in [-0.3, -0.25) is 0 Å². The van der Waals surface area contributed by atoms with Gasteiger partial charge in [-0.15, -0.1) is 0 Å². The highest BCUT2D eigenvalue weighted by atomic mass is 19.1. The van der Waals surface area contributed by atoms with Crippen molar-refractivity contribution in [2.24, 2.45) is 11.8 Å². The van der Waals surface area contributed by atoms with Gasteiger partial charge in [0.2, 0.25) is 0 Å². The van der Waals surface area contributed by atoms with Gasteiger partial charge in [0.15, 0.2) is 0 Å². The van der Waals surface area contributed by atoms with Crippen LogP contribution in [0.15, 0.2) is 12.1 Å². The maximum atomic E-state index is 14.8. The highest BCUT2D eigenvalue weighted by Gasteiger charge is 2.31. The topological polar surface area (TPSA) is 26.3 Å². The Kier molecular flexibility index (Phi) is 6.72. The summed E-state index contributed by atoms with van der Waals surface area (Å²) in [4.78, 5) is 12.4. The van der Waals surface area contributed by atoms with Crippen molar-refractivity contribution >= 4 is 5.97 Å². The number of carbonyl (C=O) groups is 1. The summed E-state index contributed by atoms with van der Waals surface area (Å²) in [6, 6.07) is 3.83. The molecule has 1 aromatic carbocycles. The van der Waals surface area contributed by atoms with Crippen molar-refractivity contribution < 1.29 is 13.9 Å². The van der Waals surface area contributed by atoms with Gasteiger partial charge in [0, 0.05) is 6.42 Å². The number of hydrogen-bond acceptors (Lipinski definition) is 2. The average molecular weight is 361 g/mol. The number of cyclic esters (lactones) is 1. The molecule has 0 saturated heterocycles. The van der Waals surface area contributed by atoms with Gasteiger partial charge in [-0.1, -0.05) is 64.5 Å². The van der Waals surface area contributed by atoms with Gasteiger partial charge in [0.1, 0.15) is 11.9 Å². The summed E-state index contributed by atoms with van der Waals surface area (Å²) < 4.78 is 20.4. The number of unbranched alkanes of at least 4 members (excludes halogenated alkanes) is 2. The first kappa shape index (κ1) is 19.4. The number of halogens is 1. The highest BCUT2D eigenvalue weighted by Crippen LogP contribution is 2.33. The van der Waals surface area contributed by atoms with Crippen LogP contribution < -0.4 is 0 Å². The van der Waals surface area contributed by atoms with Crippen molar-refractivity contribution in [3.05, 3.63) is 34.6 Å². The summed E-state index contributed by atoms with van der Waals surface area (Å²) in [5.41, 5.74) is 1.69. The Balaban J connectivity index is 1.59. The van der Waals surface area contributed by atoms with Crippen LogP contribution in [0.25, 0.3) is 0 Å². The van der Waals surface area contributed by atoms with Crippen molar-refractivity contribution in [1.82, 2.24) is 0 Å². The van der Waals surface area contributed by atoms with E-state index < -0.39 is 5.97 Å². The summed E-state index contributed by atoms with van der Waals surface area (Å²) in [7, 11) is 0. The standard InChI is InChI=1S/C23H33FO2/c1-3-4-5-6-18-12-13-19-15-20(26-23(25)21(19)22(18)24)14-11-17-9-7-16(2)8-10-17/h12-13,16-17,20H,3-11,14-15H2,1-2H3. The molecule has 1 saturated carbocycles. The van der Waals surface area contributed by atoms with E-state index in [4.69, 9.17) is 4.74 Å². The number of rotatable bonds is 7. The molecule has 3 heteroatoms. The quantitative estimate of drug-likeness (QED) is 0.424. The molecular formula is C23H33FO2. The van der Waals surface area contributed by atoms with E-state index in [1.165, 1.54) is 25.7 Å². The van der Waals surface area contributed by atoms with Gasteiger partial charge in [-0.2, -0.15) is 0 Å². The second kappa shape index (κ2) is 9.01. The fourth-order valence-corrected chi connectivity index (χ4v) is 4.51. The minimum Gasteiger partial charge on any atom is -0.458 e. The van der Waals surface area contributed by atoms with Crippen LogP contribution in [-0.2, 0) is 17.6 Å². The number of benzene rings is 1. The van der Waals surface area contributed by atoms with E-state index >= 15 is 0 Å². The Morgan fingerprint density at radius 1 is 1.12 bits per heavy atom. The molecule has 1 aliphatic carbocycles. The lowest BCUT2D eigenvalue weighted by atomic mass is 9.80. The minimum atomic E-state index is -0.455. The molecule has 0 bridgehead atoms. The molecule has 2 nitrogen and oxygen atoms in total. The van der Waals surface area contributed by atoms with Crippen molar-refractivity contribution in [2.45, 2.75) is 90.6 Å². The van der Waals surface area contributed by atoms with Crippen molar-refractivity contribution in [3.63, 3.8) is 0 Å². The van der Waals surface area contributed by atoms with Crippen LogP contribution in [0.5, 0.6) is 0 Å². The smallest absolute Gasteiger partial charge is 0.341 e. The predicted molar refractivity (Wildman–Crippen MR) is 103 cm³/mol. The molecular weight excluding hydrogens is 327 g/mol. The lowest BCUT2D eigenvalue weighted by molar-refractivity contribution is 0.0209. The molecule has 0 spiro atoms. The molecule has 0 amide bonds. The van der Waals surface area contributed by atoms with Crippen LogP contribution >= 0.6 is 0 Å².